The normalized spacial score (nSPS) is 18.3. The van der Waals surface area contributed by atoms with Gasteiger partial charge in [0, 0.05) is 46.4 Å². The molecule has 3 aromatic rings. The number of hydrogen-bond acceptors (Lipinski definition) is 4. The van der Waals surface area contributed by atoms with E-state index in [1.807, 2.05) is 42.2 Å². The lowest BCUT2D eigenvalue weighted by Gasteiger charge is -2.51. The molecule has 0 aliphatic carbocycles. The van der Waals surface area contributed by atoms with Crippen LogP contribution in [0.4, 0.5) is 17.1 Å². The molecule has 36 heavy (non-hydrogen) atoms. The van der Waals surface area contributed by atoms with Gasteiger partial charge < -0.3 is 10.2 Å². The largest absolute Gasteiger partial charge is 0.322 e. The van der Waals surface area contributed by atoms with Crippen LogP contribution in [0.5, 0.6) is 0 Å². The predicted molar refractivity (Wildman–Crippen MR) is 141 cm³/mol. The first kappa shape index (κ1) is 25.1. The van der Waals surface area contributed by atoms with Gasteiger partial charge in [-0.15, -0.1) is 0 Å². The van der Waals surface area contributed by atoms with Crippen molar-refractivity contribution in [1.29, 1.82) is 0 Å². The third-order valence-corrected chi connectivity index (χ3v) is 6.95. The molecule has 0 spiro atoms. The van der Waals surface area contributed by atoms with Gasteiger partial charge in [-0.2, -0.15) is 0 Å². The van der Waals surface area contributed by atoms with Crippen LogP contribution in [-0.4, -0.2) is 22.3 Å². The molecule has 3 aromatic carbocycles. The molecule has 0 radical (unpaired) electrons. The number of rotatable bonds is 6. The van der Waals surface area contributed by atoms with E-state index in [2.05, 4.69) is 38.2 Å². The lowest BCUT2D eigenvalue weighted by Crippen LogP contribution is -2.55. The molecule has 0 aromatic heterocycles. The number of amides is 2. The van der Waals surface area contributed by atoms with E-state index in [4.69, 9.17) is 0 Å². The number of fused-ring (bicyclic) bond motifs is 1. The van der Waals surface area contributed by atoms with Crippen LogP contribution in [0.25, 0.3) is 0 Å². The van der Waals surface area contributed by atoms with Crippen LogP contribution in [0.2, 0.25) is 0 Å². The number of carbonyl (C=O) groups is 2. The monoisotopic (exact) mass is 485 g/mol. The maximum atomic E-state index is 13.3. The van der Waals surface area contributed by atoms with E-state index in [0.717, 1.165) is 23.2 Å². The fourth-order valence-corrected chi connectivity index (χ4v) is 5.42. The van der Waals surface area contributed by atoms with Crippen LogP contribution < -0.4 is 10.2 Å². The molecule has 7 nitrogen and oxygen atoms in total. The second kappa shape index (κ2) is 9.57. The Bertz CT molecular complexity index is 1300. The minimum Gasteiger partial charge on any atom is -0.322 e. The number of carbonyl (C=O) groups excluding carboxylic acids is 2. The summed E-state index contributed by atoms with van der Waals surface area (Å²) < 4.78 is 0. The van der Waals surface area contributed by atoms with Crippen LogP contribution in [0, 0.1) is 10.1 Å². The highest BCUT2D eigenvalue weighted by Gasteiger charge is 2.47. The second-order valence-corrected chi connectivity index (χ2v) is 10.2. The van der Waals surface area contributed by atoms with E-state index in [0.29, 0.717) is 24.1 Å². The van der Waals surface area contributed by atoms with Crippen molar-refractivity contribution in [3.05, 3.63) is 99.6 Å². The Morgan fingerprint density at radius 1 is 1.00 bits per heavy atom. The van der Waals surface area contributed by atoms with Crippen molar-refractivity contribution in [2.75, 3.05) is 10.2 Å². The van der Waals surface area contributed by atoms with Gasteiger partial charge in [-0.25, -0.2) is 0 Å². The Hall–Kier alpha value is -4.00. The maximum absolute atomic E-state index is 13.3. The Morgan fingerprint density at radius 3 is 2.28 bits per heavy atom. The van der Waals surface area contributed by atoms with Gasteiger partial charge in [-0.3, -0.25) is 19.7 Å². The molecule has 0 bridgehead atoms. The third kappa shape index (κ3) is 4.61. The summed E-state index contributed by atoms with van der Waals surface area (Å²) in [4.78, 5) is 38.5. The number of anilines is 2. The summed E-state index contributed by atoms with van der Waals surface area (Å²) in [5.74, 6) is -0.275. The Labute approximate surface area is 211 Å². The minimum absolute atomic E-state index is 0.0709. The molecule has 1 N–H and O–H groups in total. The molecule has 186 valence electrons. The summed E-state index contributed by atoms with van der Waals surface area (Å²) in [6.45, 7) is 8.40. The second-order valence-electron chi connectivity index (χ2n) is 10.2. The smallest absolute Gasteiger partial charge is 0.269 e. The predicted octanol–water partition coefficient (Wildman–Crippen LogP) is 6.47. The van der Waals surface area contributed by atoms with Crippen LogP contribution >= 0.6 is 0 Å². The summed E-state index contributed by atoms with van der Waals surface area (Å²) >= 11 is 0. The Morgan fingerprint density at radius 2 is 1.67 bits per heavy atom. The maximum Gasteiger partial charge on any atom is 0.269 e. The van der Waals surface area contributed by atoms with Gasteiger partial charge in [0.25, 0.3) is 11.6 Å². The van der Waals surface area contributed by atoms with Crippen LogP contribution in [0.15, 0.2) is 72.8 Å². The van der Waals surface area contributed by atoms with Gasteiger partial charge in [-0.1, -0.05) is 44.2 Å². The number of nitrogens with zero attached hydrogens (tertiary/aromatic N) is 2. The highest BCUT2D eigenvalue weighted by molar-refractivity contribution is 6.05. The van der Waals surface area contributed by atoms with E-state index in [1.165, 1.54) is 24.3 Å². The molecule has 0 unspecified atom stereocenters. The molecule has 2 amide bonds. The topological polar surface area (TPSA) is 92.6 Å². The molecular weight excluding hydrogens is 454 g/mol. The first-order chi connectivity index (χ1) is 17.1. The standard InChI is InChI=1S/C29H31N3O4/c1-5-9-26(33)31-25-17-14-22(30-27(34)20-12-15-23(16-13-20)32(35)36)18-24(25)29(4,19-28(31,2)3)21-10-7-6-8-11-21/h6-8,10-18H,5,9,19H2,1-4H3,(H,30,34)/t29-/m0/s1. The van der Waals surface area contributed by atoms with Gasteiger partial charge in [-0.05, 0) is 68.1 Å². The zero-order valence-electron chi connectivity index (χ0n) is 21.1. The SMILES string of the molecule is CCCC(=O)N1c2ccc(NC(=O)c3ccc([N+](=O)[O-])cc3)cc2[C@](C)(c2ccccc2)CC1(C)C. The first-order valence-corrected chi connectivity index (χ1v) is 12.2. The minimum atomic E-state index is -0.497. The van der Waals surface area contributed by atoms with E-state index < -0.39 is 15.9 Å². The average Bonchev–Trinajstić information content (AvgIpc) is 2.84. The molecule has 1 aliphatic heterocycles. The van der Waals surface area contributed by atoms with E-state index >= 15 is 0 Å². The van der Waals surface area contributed by atoms with Crippen molar-refractivity contribution >= 4 is 28.9 Å². The Kier molecular flexibility index (Phi) is 6.67. The zero-order chi connectivity index (χ0) is 26.1. The van der Waals surface area contributed by atoms with Crippen LogP contribution in [0.3, 0.4) is 0 Å². The molecule has 7 heteroatoms. The van der Waals surface area contributed by atoms with Crippen molar-refractivity contribution in [3.8, 4) is 0 Å². The average molecular weight is 486 g/mol. The number of hydrogen-bond donors (Lipinski definition) is 1. The van der Waals surface area contributed by atoms with Crippen LogP contribution in [-0.2, 0) is 10.2 Å². The van der Waals surface area contributed by atoms with Crippen LogP contribution in [0.1, 0.15) is 68.4 Å². The summed E-state index contributed by atoms with van der Waals surface area (Å²) in [6.07, 6.45) is 1.94. The molecule has 0 saturated carbocycles. The summed E-state index contributed by atoms with van der Waals surface area (Å²) in [6, 6.07) is 21.4. The molecule has 0 saturated heterocycles. The third-order valence-electron chi connectivity index (χ3n) is 6.95. The Balaban J connectivity index is 1.77. The lowest BCUT2D eigenvalue weighted by atomic mass is 9.65. The summed E-state index contributed by atoms with van der Waals surface area (Å²) in [5, 5.41) is 13.8. The number of nitro groups is 1. The van der Waals surface area contributed by atoms with Gasteiger partial charge in [0.05, 0.1) is 4.92 Å². The van der Waals surface area contributed by atoms with E-state index in [9.17, 15) is 19.7 Å². The highest BCUT2D eigenvalue weighted by Crippen LogP contribution is 2.51. The van der Waals surface area contributed by atoms with Crippen molar-refractivity contribution in [2.24, 2.45) is 0 Å². The molecule has 1 atom stereocenters. The molecular formula is C29H31N3O4. The van der Waals surface area contributed by atoms with Gasteiger partial charge in [0.1, 0.15) is 0 Å². The first-order valence-electron chi connectivity index (χ1n) is 12.2. The van der Waals surface area contributed by atoms with E-state index in [1.54, 1.807) is 6.07 Å². The quantitative estimate of drug-likeness (QED) is 0.320. The van der Waals surface area contributed by atoms with E-state index in [-0.39, 0.29) is 17.5 Å². The molecule has 1 aliphatic rings. The molecule has 4 rings (SSSR count). The number of nitrogens with one attached hydrogen (secondary N) is 1. The van der Waals surface area contributed by atoms with Crippen molar-refractivity contribution in [3.63, 3.8) is 0 Å². The fourth-order valence-electron chi connectivity index (χ4n) is 5.42. The number of benzene rings is 3. The fraction of sp³-hybridized carbons (Fsp3) is 0.310. The zero-order valence-corrected chi connectivity index (χ0v) is 21.1. The summed E-state index contributed by atoms with van der Waals surface area (Å²) in [7, 11) is 0. The van der Waals surface area contributed by atoms with Gasteiger partial charge >= 0.3 is 0 Å². The van der Waals surface area contributed by atoms with Crippen molar-refractivity contribution < 1.29 is 14.5 Å². The van der Waals surface area contributed by atoms with Crippen molar-refractivity contribution in [1.82, 2.24) is 0 Å². The lowest BCUT2D eigenvalue weighted by molar-refractivity contribution is -0.384. The molecule has 0 fully saturated rings. The number of non-ortho nitro benzene ring substituents is 1. The number of nitro benzene ring substituents is 1. The summed E-state index contributed by atoms with van der Waals surface area (Å²) in [5.41, 5.74) is 3.01. The molecule has 1 heterocycles. The van der Waals surface area contributed by atoms with Crippen molar-refractivity contribution in [2.45, 2.75) is 57.9 Å². The van der Waals surface area contributed by atoms with Gasteiger partial charge in [0.15, 0.2) is 0 Å². The van der Waals surface area contributed by atoms with Gasteiger partial charge in [0.2, 0.25) is 5.91 Å². The highest BCUT2D eigenvalue weighted by atomic mass is 16.6.